The van der Waals surface area contributed by atoms with Gasteiger partial charge >= 0.3 is 0 Å². The van der Waals surface area contributed by atoms with E-state index in [-0.39, 0.29) is 24.1 Å². The first-order valence-corrected chi connectivity index (χ1v) is 11.0. The molecule has 0 spiro atoms. The molecule has 0 aliphatic carbocycles. The van der Waals surface area contributed by atoms with E-state index in [0.717, 1.165) is 34.5 Å². The maximum atomic E-state index is 13.3. The van der Waals surface area contributed by atoms with Gasteiger partial charge in [0.25, 0.3) is 5.56 Å². The summed E-state index contributed by atoms with van der Waals surface area (Å²) in [5, 5.41) is 2.48. The summed E-state index contributed by atoms with van der Waals surface area (Å²) >= 11 is 1.43. The first kappa shape index (κ1) is 19.5. The van der Waals surface area contributed by atoms with E-state index in [1.165, 1.54) is 22.2 Å². The van der Waals surface area contributed by atoms with E-state index in [9.17, 15) is 9.59 Å². The first-order chi connectivity index (χ1) is 15.1. The summed E-state index contributed by atoms with van der Waals surface area (Å²) in [7, 11) is 1.62. The molecule has 1 amide bonds. The number of fused-ring (bicyclic) bond motifs is 2. The molecule has 2 aromatic heterocycles. The van der Waals surface area contributed by atoms with Crippen LogP contribution in [-0.2, 0) is 17.8 Å². The number of thiophene rings is 1. The Bertz CT molecular complexity index is 1340. The molecule has 0 unspecified atom stereocenters. The van der Waals surface area contributed by atoms with Crippen LogP contribution in [0.1, 0.15) is 12.5 Å². The molecule has 4 aromatic rings. The average molecular weight is 432 g/mol. The summed E-state index contributed by atoms with van der Waals surface area (Å²) in [5.74, 6) is 0.645. The molecule has 2 aromatic carbocycles. The van der Waals surface area contributed by atoms with Crippen LogP contribution in [0.25, 0.3) is 21.3 Å². The van der Waals surface area contributed by atoms with Crippen molar-refractivity contribution in [1.82, 2.24) is 9.55 Å². The van der Waals surface area contributed by atoms with Crippen molar-refractivity contribution >= 4 is 33.1 Å². The molecular formula is C24H21N3O3S. The Morgan fingerprint density at radius 1 is 1.19 bits per heavy atom. The highest BCUT2D eigenvalue weighted by Gasteiger charge is 2.30. The summed E-state index contributed by atoms with van der Waals surface area (Å²) < 4.78 is 6.64. The van der Waals surface area contributed by atoms with Crippen LogP contribution in [-0.4, -0.2) is 28.6 Å². The molecule has 0 bridgehead atoms. The fourth-order valence-corrected chi connectivity index (χ4v) is 5.14. The molecule has 31 heavy (non-hydrogen) atoms. The highest BCUT2D eigenvalue weighted by atomic mass is 32.1. The zero-order valence-corrected chi connectivity index (χ0v) is 18.1. The Morgan fingerprint density at radius 3 is 2.74 bits per heavy atom. The quantitative estimate of drug-likeness (QED) is 0.488. The van der Waals surface area contributed by atoms with Gasteiger partial charge in [-0.05, 0) is 42.7 Å². The van der Waals surface area contributed by atoms with Gasteiger partial charge in [-0.15, -0.1) is 11.3 Å². The molecule has 0 radical (unpaired) electrons. The minimum atomic E-state index is -0.203. The number of benzene rings is 2. The number of amides is 1. The summed E-state index contributed by atoms with van der Waals surface area (Å²) in [6.07, 6.45) is 2.30. The van der Waals surface area contributed by atoms with E-state index in [2.05, 4.69) is 4.98 Å². The van der Waals surface area contributed by atoms with Crippen LogP contribution >= 0.6 is 11.3 Å². The monoisotopic (exact) mass is 431 g/mol. The molecule has 156 valence electrons. The zero-order chi connectivity index (χ0) is 21.5. The highest BCUT2D eigenvalue weighted by Crippen LogP contribution is 2.33. The van der Waals surface area contributed by atoms with Crippen LogP contribution < -0.4 is 15.2 Å². The molecule has 3 heterocycles. The number of rotatable bonds is 4. The van der Waals surface area contributed by atoms with Gasteiger partial charge in [-0.2, -0.15) is 0 Å². The van der Waals surface area contributed by atoms with Gasteiger partial charge in [0.1, 0.15) is 17.1 Å². The second-order valence-corrected chi connectivity index (χ2v) is 8.54. The topological polar surface area (TPSA) is 64.4 Å². The van der Waals surface area contributed by atoms with E-state index in [0.29, 0.717) is 10.2 Å². The number of anilines is 1. The van der Waals surface area contributed by atoms with Crippen molar-refractivity contribution in [2.75, 3.05) is 12.0 Å². The number of ether oxygens (including phenoxy) is 1. The highest BCUT2D eigenvalue weighted by molar-refractivity contribution is 7.17. The third kappa shape index (κ3) is 3.31. The van der Waals surface area contributed by atoms with Crippen LogP contribution in [0.4, 0.5) is 5.69 Å². The van der Waals surface area contributed by atoms with Gasteiger partial charge in [0.05, 0.1) is 18.8 Å². The molecule has 1 atom stereocenters. The van der Waals surface area contributed by atoms with E-state index < -0.39 is 0 Å². The fourth-order valence-electron chi connectivity index (χ4n) is 4.23. The Balaban J connectivity index is 1.50. The number of carbonyl (C=O) groups excluding carboxylic acids is 1. The predicted octanol–water partition coefficient (Wildman–Crippen LogP) is 4.11. The Hall–Kier alpha value is -3.45. The van der Waals surface area contributed by atoms with Crippen LogP contribution in [0.2, 0.25) is 0 Å². The number of methoxy groups -OCH3 is 1. The summed E-state index contributed by atoms with van der Waals surface area (Å²) in [4.78, 5) is 33.4. The molecule has 6 nitrogen and oxygen atoms in total. The Kier molecular flexibility index (Phi) is 4.82. The molecule has 1 aliphatic heterocycles. The van der Waals surface area contributed by atoms with Gasteiger partial charge in [0.2, 0.25) is 5.91 Å². The Labute approximate surface area is 183 Å². The number of hydrogen-bond acceptors (Lipinski definition) is 5. The molecule has 7 heteroatoms. The lowest BCUT2D eigenvalue weighted by molar-refractivity contribution is -0.119. The lowest BCUT2D eigenvalue weighted by atomic mass is 10.1. The molecule has 0 saturated heterocycles. The average Bonchev–Trinajstić information content (AvgIpc) is 3.36. The van der Waals surface area contributed by atoms with Crippen molar-refractivity contribution in [1.29, 1.82) is 0 Å². The number of nitrogens with zero attached hydrogens (tertiary/aromatic N) is 3. The fraction of sp³-hybridized carbons (Fsp3) is 0.208. The number of hydrogen-bond donors (Lipinski definition) is 0. The molecule has 5 rings (SSSR count). The number of carbonyl (C=O) groups is 1. The van der Waals surface area contributed by atoms with Crippen molar-refractivity contribution in [2.24, 2.45) is 0 Å². The molecule has 0 saturated carbocycles. The summed E-state index contributed by atoms with van der Waals surface area (Å²) in [5.41, 5.74) is 3.62. The second kappa shape index (κ2) is 7.67. The van der Waals surface area contributed by atoms with Gasteiger partial charge in [0, 0.05) is 22.7 Å². The third-order valence-corrected chi connectivity index (χ3v) is 6.63. The van der Waals surface area contributed by atoms with E-state index >= 15 is 0 Å². The summed E-state index contributed by atoms with van der Waals surface area (Å²) in [6.45, 7) is 1.99. The van der Waals surface area contributed by atoms with Crippen LogP contribution in [0, 0.1) is 0 Å². The molecule has 0 N–H and O–H groups in total. The van der Waals surface area contributed by atoms with Gasteiger partial charge < -0.3 is 9.64 Å². The SMILES string of the molecule is COc1ccc(-c2csc3ncn(CC(=O)N4c5ccccc5C[C@@H]4C)c(=O)c23)cc1. The van der Waals surface area contributed by atoms with Crippen molar-refractivity contribution in [3.05, 3.63) is 76.2 Å². The minimum absolute atomic E-state index is 0.0433. The van der Waals surface area contributed by atoms with Gasteiger partial charge in [-0.1, -0.05) is 30.3 Å². The molecule has 1 aliphatic rings. The molecular weight excluding hydrogens is 410 g/mol. The van der Waals surface area contributed by atoms with E-state index in [1.54, 1.807) is 12.0 Å². The van der Waals surface area contributed by atoms with Crippen molar-refractivity contribution < 1.29 is 9.53 Å². The van der Waals surface area contributed by atoms with E-state index in [4.69, 9.17) is 4.74 Å². The third-order valence-electron chi connectivity index (χ3n) is 5.74. The first-order valence-electron chi connectivity index (χ1n) is 10.1. The summed E-state index contributed by atoms with van der Waals surface area (Å²) in [6, 6.07) is 15.6. The second-order valence-electron chi connectivity index (χ2n) is 7.68. The maximum Gasteiger partial charge on any atom is 0.263 e. The van der Waals surface area contributed by atoms with Crippen molar-refractivity contribution in [3.8, 4) is 16.9 Å². The predicted molar refractivity (Wildman–Crippen MR) is 123 cm³/mol. The number of aromatic nitrogens is 2. The van der Waals surface area contributed by atoms with Crippen LogP contribution in [0.3, 0.4) is 0 Å². The largest absolute Gasteiger partial charge is 0.497 e. The van der Waals surface area contributed by atoms with Gasteiger partial charge in [-0.25, -0.2) is 4.98 Å². The van der Waals surface area contributed by atoms with Gasteiger partial charge in [0.15, 0.2) is 0 Å². The van der Waals surface area contributed by atoms with Crippen molar-refractivity contribution in [2.45, 2.75) is 25.9 Å². The van der Waals surface area contributed by atoms with E-state index in [1.807, 2.05) is 60.8 Å². The number of para-hydroxylation sites is 1. The van der Waals surface area contributed by atoms with Crippen LogP contribution in [0.5, 0.6) is 5.75 Å². The lowest BCUT2D eigenvalue weighted by Gasteiger charge is -2.23. The standard InChI is InChI=1S/C24H21N3O3S/c1-15-11-17-5-3-4-6-20(17)27(15)21(28)12-26-14-25-23-22(24(26)29)19(13-31-23)16-7-9-18(30-2)10-8-16/h3-10,13-15H,11-12H2,1-2H3/t15-/m0/s1. The normalized spacial score (nSPS) is 15.3. The van der Waals surface area contributed by atoms with Crippen molar-refractivity contribution in [3.63, 3.8) is 0 Å². The van der Waals surface area contributed by atoms with Crippen LogP contribution in [0.15, 0.2) is 65.0 Å². The molecule has 0 fully saturated rings. The lowest BCUT2D eigenvalue weighted by Crippen LogP contribution is -2.40. The Morgan fingerprint density at radius 2 is 1.97 bits per heavy atom. The maximum absolute atomic E-state index is 13.3. The van der Waals surface area contributed by atoms with Gasteiger partial charge in [-0.3, -0.25) is 14.2 Å². The smallest absolute Gasteiger partial charge is 0.263 e. The minimum Gasteiger partial charge on any atom is -0.497 e. The zero-order valence-electron chi connectivity index (χ0n) is 17.2.